The Morgan fingerprint density at radius 3 is 2.24 bits per heavy atom. The summed E-state index contributed by atoms with van der Waals surface area (Å²) < 4.78 is 98.5. The Kier molecular flexibility index (Phi) is 9.59. The normalized spacial score (nSPS) is 19.7. The number of carbonyl (C=O) groups excluding carboxylic acids is 1. The highest BCUT2D eigenvalue weighted by Crippen LogP contribution is 2.32. The van der Waals surface area contributed by atoms with Crippen LogP contribution in [0.4, 0.5) is 13.2 Å². The van der Waals surface area contributed by atoms with Crippen LogP contribution in [0.3, 0.4) is 0 Å². The summed E-state index contributed by atoms with van der Waals surface area (Å²) in [6, 6.07) is 9.97. The summed E-state index contributed by atoms with van der Waals surface area (Å²) >= 11 is 0. The van der Waals surface area contributed by atoms with Crippen molar-refractivity contribution < 1.29 is 39.5 Å². The molecule has 2 saturated heterocycles. The number of hydrogen-bond donors (Lipinski definition) is 1. The predicted molar refractivity (Wildman–Crippen MR) is 146 cm³/mol. The molecule has 2 fully saturated rings. The Morgan fingerprint density at radius 2 is 1.66 bits per heavy atom. The molecule has 2 atom stereocenters. The number of amides is 1. The average molecular weight is 616 g/mol. The number of morpholine rings is 1. The Balaban J connectivity index is 1.57. The number of alkyl halides is 3. The molecular weight excluding hydrogens is 583 g/mol. The second-order valence-electron chi connectivity index (χ2n) is 9.93. The van der Waals surface area contributed by atoms with Crippen LogP contribution in [0.5, 0.6) is 0 Å². The van der Waals surface area contributed by atoms with E-state index in [1.54, 1.807) is 17.0 Å². The van der Waals surface area contributed by atoms with Crippen molar-refractivity contribution in [3.63, 3.8) is 0 Å². The number of carbonyl (C=O) groups is 1. The number of halogens is 3. The van der Waals surface area contributed by atoms with E-state index in [4.69, 9.17) is 4.74 Å². The van der Waals surface area contributed by atoms with Gasteiger partial charge in [0.2, 0.25) is 26.0 Å². The number of nitrogens with one attached hydrogen (secondary N) is 1. The maximum atomic E-state index is 13.5. The van der Waals surface area contributed by atoms with Crippen LogP contribution in [0.25, 0.3) is 0 Å². The zero-order chi connectivity index (χ0) is 29.8. The molecule has 1 amide bonds. The fraction of sp³-hybridized carbons (Fsp3) is 0.444. The first-order valence-electron chi connectivity index (χ1n) is 13.1. The highest BCUT2D eigenvalue weighted by molar-refractivity contribution is 7.92. The number of rotatable bonds is 10. The van der Waals surface area contributed by atoms with Gasteiger partial charge in [0.1, 0.15) is 0 Å². The third-order valence-corrected chi connectivity index (χ3v) is 10.3. The monoisotopic (exact) mass is 615 g/mol. The number of hydrogen-bond acceptors (Lipinski definition) is 6. The molecule has 1 unspecified atom stereocenters. The van der Waals surface area contributed by atoms with Crippen molar-refractivity contribution >= 4 is 26.0 Å². The van der Waals surface area contributed by atoms with E-state index in [-0.39, 0.29) is 30.3 Å². The van der Waals surface area contributed by atoms with Crippen LogP contribution >= 0.6 is 0 Å². The summed E-state index contributed by atoms with van der Waals surface area (Å²) in [7, 11) is -7.68. The molecule has 41 heavy (non-hydrogen) atoms. The van der Waals surface area contributed by atoms with E-state index in [1.807, 2.05) is 0 Å². The summed E-state index contributed by atoms with van der Waals surface area (Å²) in [6.45, 7) is 4.87. The third kappa shape index (κ3) is 7.55. The van der Waals surface area contributed by atoms with Crippen LogP contribution in [0.1, 0.15) is 35.4 Å². The SMILES string of the molecule is C=CS(=O)(=O)NC[C@@H]1CCCN1S(=O)(=O)c1ccc(C(Cc2ccc(C(F)(F)F)cc2)C(=O)N2CCOCC2)cc1. The predicted octanol–water partition coefficient (Wildman–Crippen LogP) is 3.11. The molecule has 2 heterocycles. The highest BCUT2D eigenvalue weighted by atomic mass is 32.2. The van der Waals surface area contributed by atoms with Gasteiger partial charge in [-0.1, -0.05) is 30.8 Å². The van der Waals surface area contributed by atoms with Gasteiger partial charge in [-0.05, 0) is 54.7 Å². The first kappa shape index (κ1) is 31.2. The Bertz CT molecular complexity index is 1440. The van der Waals surface area contributed by atoms with Gasteiger partial charge in [-0.25, -0.2) is 21.6 Å². The summed E-state index contributed by atoms with van der Waals surface area (Å²) in [5.41, 5.74) is 0.268. The lowest BCUT2D eigenvalue weighted by molar-refractivity contribution is -0.138. The molecule has 0 aromatic heterocycles. The molecule has 2 aromatic carbocycles. The van der Waals surface area contributed by atoms with E-state index in [9.17, 15) is 34.8 Å². The maximum absolute atomic E-state index is 13.5. The van der Waals surface area contributed by atoms with Crippen LogP contribution in [-0.2, 0) is 42.2 Å². The van der Waals surface area contributed by atoms with Gasteiger partial charge in [0, 0.05) is 37.6 Å². The Morgan fingerprint density at radius 1 is 1.02 bits per heavy atom. The maximum Gasteiger partial charge on any atom is 0.416 e. The zero-order valence-corrected chi connectivity index (χ0v) is 23.8. The lowest BCUT2D eigenvalue weighted by Crippen LogP contribution is -2.43. The first-order valence-corrected chi connectivity index (χ1v) is 16.1. The van der Waals surface area contributed by atoms with Crippen molar-refractivity contribution in [1.29, 1.82) is 0 Å². The quantitative estimate of drug-likeness (QED) is 0.440. The van der Waals surface area contributed by atoms with Crippen molar-refractivity contribution in [3.8, 4) is 0 Å². The molecule has 0 spiro atoms. The fourth-order valence-electron chi connectivity index (χ4n) is 5.03. The minimum absolute atomic E-state index is 0.00757. The molecule has 1 N–H and O–H groups in total. The fourth-order valence-corrected chi connectivity index (χ4v) is 7.26. The number of nitrogens with zero attached hydrogens (tertiary/aromatic N) is 2. The standard InChI is InChI=1S/C27H32F3N3O6S2/c1-2-40(35,36)31-19-23-4-3-13-33(23)41(37,38)24-11-7-21(8-12-24)25(26(34)32-14-16-39-17-15-32)18-20-5-9-22(10-6-20)27(28,29)30/h2,5-12,23,25,31H,1,3-4,13-19H2/t23-,25?/m0/s1. The molecule has 2 aromatic rings. The van der Waals surface area contributed by atoms with Gasteiger partial charge < -0.3 is 9.64 Å². The molecule has 0 aliphatic carbocycles. The Labute approximate surface area is 238 Å². The van der Waals surface area contributed by atoms with E-state index in [0.29, 0.717) is 50.3 Å². The second-order valence-corrected chi connectivity index (χ2v) is 13.5. The number of ether oxygens (including phenoxy) is 1. The smallest absolute Gasteiger partial charge is 0.378 e. The summed E-state index contributed by atoms with van der Waals surface area (Å²) in [5, 5.41) is 0.763. The van der Waals surface area contributed by atoms with Gasteiger partial charge in [-0.2, -0.15) is 17.5 Å². The Hall–Kier alpha value is -2.78. The van der Waals surface area contributed by atoms with E-state index < -0.39 is 43.7 Å². The van der Waals surface area contributed by atoms with Crippen LogP contribution in [-0.4, -0.2) is 77.4 Å². The van der Waals surface area contributed by atoms with E-state index in [1.165, 1.54) is 28.6 Å². The van der Waals surface area contributed by atoms with Gasteiger partial charge in [0.25, 0.3) is 0 Å². The summed E-state index contributed by atoms with van der Waals surface area (Å²) in [5.74, 6) is -0.979. The molecular formula is C27H32F3N3O6S2. The summed E-state index contributed by atoms with van der Waals surface area (Å²) in [4.78, 5) is 15.2. The van der Waals surface area contributed by atoms with Crippen molar-refractivity contribution in [3.05, 3.63) is 77.2 Å². The lowest BCUT2D eigenvalue weighted by Gasteiger charge is -2.31. The lowest BCUT2D eigenvalue weighted by atomic mass is 9.90. The molecule has 0 saturated carbocycles. The van der Waals surface area contributed by atoms with Crippen molar-refractivity contribution in [2.75, 3.05) is 39.4 Å². The van der Waals surface area contributed by atoms with Gasteiger partial charge in [-0.15, -0.1) is 0 Å². The van der Waals surface area contributed by atoms with Crippen LogP contribution in [0, 0.1) is 0 Å². The van der Waals surface area contributed by atoms with Crippen molar-refractivity contribution in [2.24, 2.45) is 0 Å². The molecule has 2 aliphatic rings. The largest absolute Gasteiger partial charge is 0.416 e. The van der Waals surface area contributed by atoms with E-state index in [0.717, 1.165) is 17.5 Å². The molecule has 14 heteroatoms. The molecule has 224 valence electrons. The zero-order valence-electron chi connectivity index (χ0n) is 22.2. The first-order chi connectivity index (χ1) is 19.3. The molecule has 9 nitrogen and oxygen atoms in total. The molecule has 4 rings (SSSR count). The van der Waals surface area contributed by atoms with Crippen LogP contribution in [0.2, 0.25) is 0 Å². The highest BCUT2D eigenvalue weighted by Gasteiger charge is 2.36. The van der Waals surface area contributed by atoms with Crippen LogP contribution in [0.15, 0.2) is 65.4 Å². The number of benzene rings is 2. The van der Waals surface area contributed by atoms with E-state index in [2.05, 4.69) is 11.3 Å². The van der Waals surface area contributed by atoms with Crippen molar-refractivity contribution in [2.45, 2.75) is 42.3 Å². The second kappa shape index (κ2) is 12.6. The average Bonchev–Trinajstić information content (AvgIpc) is 3.45. The van der Waals surface area contributed by atoms with E-state index >= 15 is 0 Å². The van der Waals surface area contributed by atoms with Crippen LogP contribution < -0.4 is 4.72 Å². The van der Waals surface area contributed by atoms with Gasteiger partial charge in [0.05, 0.1) is 29.6 Å². The van der Waals surface area contributed by atoms with Crippen molar-refractivity contribution in [1.82, 2.24) is 13.9 Å². The summed E-state index contributed by atoms with van der Waals surface area (Å²) in [6.07, 6.45) is -3.30. The molecule has 0 bridgehead atoms. The van der Waals surface area contributed by atoms with Gasteiger partial charge in [-0.3, -0.25) is 4.79 Å². The van der Waals surface area contributed by atoms with Gasteiger partial charge in [0.15, 0.2) is 0 Å². The number of sulfonamides is 2. The topological polar surface area (TPSA) is 113 Å². The third-order valence-electron chi connectivity index (χ3n) is 7.29. The minimum atomic E-state index is -4.48. The van der Waals surface area contributed by atoms with Gasteiger partial charge >= 0.3 is 6.18 Å². The molecule has 2 aliphatic heterocycles. The minimum Gasteiger partial charge on any atom is -0.378 e. The molecule has 0 radical (unpaired) electrons.